The van der Waals surface area contributed by atoms with Crippen LogP contribution in [-0.2, 0) is 14.3 Å². The second kappa shape index (κ2) is 7.97. The first-order chi connectivity index (χ1) is 13.6. The van der Waals surface area contributed by atoms with Crippen molar-refractivity contribution in [2.45, 2.75) is 25.6 Å². The number of hydrogen-bond donors (Lipinski definition) is 0. The minimum Gasteiger partial charge on any atom is -0.494 e. The summed E-state index contributed by atoms with van der Waals surface area (Å²) in [6, 6.07) is 7.33. The zero-order chi connectivity index (χ0) is 19.6. The standard InChI is InChI=1S/C20H27N3O5/c1-2-26-17-5-3-16(4-6-17)23-12-11-22(19(23)25)15-18(24)21-9-7-20(8-10-21)27-13-14-28-20/h3-6H,2,7-15H2,1H3. The Morgan fingerprint density at radius 1 is 1.07 bits per heavy atom. The van der Waals surface area contributed by atoms with Crippen LogP contribution >= 0.6 is 0 Å². The molecule has 0 aliphatic carbocycles. The molecule has 0 N–H and O–H groups in total. The van der Waals surface area contributed by atoms with Gasteiger partial charge in [0.15, 0.2) is 5.79 Å². The maximum Gasteiger partial charge on any atom is 0.325 e. The highest BCUT2D eigenvalue weighted by atomic mass is 16.7. The number of benzene rings is 1. The zero-order valence-corrected chi connectivity index (χ0v) is 16.3. The van der Waals surface area contributed by atoms with Gasteiger partial charge in [0, 0.05) is 44.7 Å². The van der Waals surface area contributed by atoms with Crippen LogP contribution in [0.4, 0.5) is 10.5 Å². The second-order valence-electron chi connectivity index (χ2n) is 7.27. The largest absolute Gasteiger partial charge is 0.494 e. The number of likely N-dealkylation sites (tertiary alicyclic amines) is 1. The van der Waals surface area contributed by atoms with Crippen LogP contribution in [0.1, 0.15) is 19.8 Å². The van der Waals surface area contributed by atoms with E-state index in [-0.39, 0.29) is 18.5 Å². The van der Waals surface area contributed by atoms with Crippen LogP contribution in [0.15, 0.2) is 24.3 Å². The number of piperidine rings is 1. The molecular formula is C20H27N3O5. The number of anilines is 1. The number of ether oxygens (including phenoxy) is 3. The second-order valence-corrected chi connectivity index (χ2v) is 7.27. The zero-order valence-electron chi connectivity index (χ0n) is 16.3. The topological polar surface area (TPSA) is 71.6 Å². The lowest BCUT2D eigenvalue weighted by Gasteiger charge is -2.38. The first-order valence-electron chi connectivity index (χ1n) is 9.95. The molecule has 0 saturated carbocycles. The van der Waals surface area contributed by atoms with Gasteiger partial charge < -0.3 is 24.0 Å². The van der Waals surface area contributed by atoms with Crippen molar-refractivity contribution in [3.05, 3.63) is 24.3 Å². The number of carbonyl (C=O) groups is 2. The van der Waals surface area contributed by atoms with Crippen LogP contribution in [0.25, 0.3) is 0 Å². The lowest BCUT2D eigenvalue weighted by atomic mass is 10.0. The summed E-state index contributed by atoms with van der Waals surface area (Å²) in [5.74, 6) is 0.266. The molecule has 3 aliphatic heterocycles. The summed E-state index contributed by atoms with van der Waals surface area (Å²) in [6.45, 7) is 6.21. The molecule has 3 amide bonds. The number of urea groups is 1. The molecule has 3 saturated heterocycles. The SMILES string of the molecule is CCOc1ccc(N2CCN(CC(=O)N3CCC4(CC3)OCCO4)C2=O)cc1. The van der Waals surface area contributed by atoms with E-state index in [1.165, 1.54) is 0 Å². The molecule has 8 nitrogen and oxygen atoms in total. The van der Waals surface area contributed by atoms with Gasteiger partial charge in [0.2, 0.25) is 5.91 Å². The Morgan fingerprint density at radius 2 is 1.75 bits per heavy atom. The molecule has 8 heteroatoms. The van der Waals surface area contributed by atoms with Gasteiger partial charge in [-0.25, -0.2) is 4.79 Å². The van der Waals surface area contributed by atoms with Gasteiger partial charge in [-0.05, 0) is 31.2 Å². The van der Waals surface area contributed by atoms with Crippen molar-refractivity contribution in [3.8, 4) is 5.75 Å². The van der Waals surface area contributed by atoms with Crippen molar-refractivity contribution in [2.75, 3.05) is 57.4 Å². The number of rotatable bonds is 5. The Kier molecular flexibility index (Phi) is 5.41. The van der Waals surface area contributed by atoms with Crippen LogP contribution in [-0.4, -0.2) is 80.1 Å². The molecule has 3 heterocycles. The highest BCUT2D eigenvalue weighted by molar-refractivity contribution is 5.96. The lowest BCUT2D eigenvalue weighted by Crippen LogP contribution is -2.50. The summed E-state index contributed by atoms with van der Waals surface area (Å²) in [5, 5.41) is 0. The summed E-state index contributed by atoms with van der Waals surface area (Å²) < 4.78 is 16.9. The average Bonchev–Trinajstić information content (AvgIpc) is 3.31. The predicted molar refractivity (Wildman–Crippen MR) is 102 cm³/mol. The van der Waals surface area contributed by atoms with E-state index in [1.807, 2.05) is 36.1 Å². The number of hydrogen-bond acceptors (Lipinski definition) is 5. The lowest BCUT2D eigenvalue weighted by molar-refractivity contribution is -0.187. The van der Waals surface area contributed by atoms with E-state index in [0.717, 1.165) is 11.4 Å². The molecule has 0 atom stereocenters. The van der Waals surface area contributed by atoms with Gasteiger partial charge in [-0.1, -0.05) is 0 Å². The Morgan fingerprint density at radius 3 is 2.39 bits per heavy atom. The van der Waals surface area contributed by atoms with E-state index >= 15 is 0 Å². The van der Waals surface area contributed by atoms with Gasteiger partial charge >= 0.3 is 6.03 Å². The van der Waals surface area contributed by atoms with Gasteiger partial charge in [-0.15, -0.1) is 0 Å². The molecule has 1 spiro atoms. The van der Waals surface area contributed by atoms with Gasteiger partial charge in [0.1, 0.15) is 12.3 Å². The van der Waals surface area contributed by atoms with E-state index in [9.17, 15) is 9.59 Å². The Labute approximate surface area is 164 Å². The fourth-order valence-corrected chi connectivity index (χ4v) is 4.00. The summed E-state index contributed by atoms with van der Waals surface area (Å²) in [6.07, 6.45) is 1.37. The molecule has 152 valence electrons. The van der Waals surface area contributed by atoms with Crippen LogP contribution in [0.3, 0.4) is 0 Å². The molecule has 0 bridgehead atoms. The first-order valence-corrected chi connectivity index (χ1v) is 9.95. The van der Waals surface area contributed by atoms with Crippen LogP contribution < -0.4 is 9.64 Å². The van der Waals surface area contributed by atoms with Gasteiger partial charge in [-0.2, -0.15) is 0 Å². The van der Waals surface area contributed by atoms with Crippen LogP contribution in [0.5, 0.6) is 5.75 Å². The summed E-state index contributed by atoms with van der Waals surface area (Å²) in [5.41, 5.74) is 0.818. The molecule has 1 aromatic carbocycles. The monoisotopic (exact) mass is 389 g/mol. The summed E-state index contributed by atoms with van der Waals surface area (Å²) in [4.78, 5) is 30.6. The molecule has 0 unspecified atom stereocenters. The fraction of sp³-hybridized carbons (Fsp3) is 0.600. The van der Waals surface area contributed by atoms with Gasteiger partial charge in [0.25, 0.3) is 0 Å². The van der Waals surface area contributed by atoms with Gasteiger partial charge in [-0.3, -0.25) is 9.69 Å². The smallest absolute Gasteiger partial charge is 0.325 e. The first kappa shape index (κ1) is 19.0. The molecule has 1 aromatic rings. The van der Waals surface area contributed by atoms with Crippen molar-refractivity contribution in [1.29, 1.82) is 0 Å². The predicted octanol–water partition coefficient (Wildman–Crippen LogP) is 1.69. The van der Waals surface area contributed by atoms with E-state index < -0.39 is 5.79 Å². The minimum absolute atomic E-state index is 0.0188. The van der Waals surface area contributed by atoms with Crippen LogP contribution in [0.2, 0.25) is 0 Å². The highest BCUT2D eigenvalue weighted by Crippen LogP contribution is 2.31. The molecule has 28 heavy (non-hydrogen) atoms. The average molecular weight is 389 g/mol. The molecular weight excluding hydrogens is 362 g/mol. The molecule has 0 aromatic heterocycles. The Bertz CT molecular complexity index is 707. The van der Waals surface area contributed by atoms with E-state index in [0.29, 0.717) is 58.8 Å². The summed E-state index contributed by atoms with van der Waals surface area (Å²) >= 11 is 0. The number of nitrogens with zero attached hydrogens (tertiary/aromatic N) is 3. The van der Waals surface area contributed by atoms with Crippen LogP contribution in [0, 0.1) is 0 Å². The van der Waals surface area contributed by atoms with Crippen molar-refractivity contribution in [1.82, 2.24) is 9.80 Å². The van der Waals surface area contributed by atoms with Crippen molar-refractivity contribution >= 4 is 17.6 Å². The van der Waals surface area contributed by atoms with Crippen molar-refractivity contribution < 1.29 is 23.8 Å². The quantitative estimate of drug-likeness (QED) is 0.766. The van der Waals surface area contributed by atoms with Gasteiger partial charge in [0.05, 0.1) is 19.8 Å². The molecule has 0 radical (unpaired) electrons. The molecule has 3 aliphatic rings. The van der Waals surface area contributed by atoms with Crippen molar-refractivity contribution in [2.24, 2.45) is 0 Å². The third-order valence-corrected chi connectivity index (χ3v) is 5.57. The third-order valence-electron chi connectivity index (χ3n) is 5.57. The number of carbonyl (C=O) groups excluding carboxylic acids is 2. The Balaban J connectivity index is 1.31. The molecule has 3 fully saturated rings. The van der Waals surface area contributed by atoms with Crippen molar-refractivity contribution in [3.63, 3.8) is 0 Å². The third kappa shape index (κ3) is 3.79. The highest BCUT2D eigenvalue weighted by Gasteiger charge is 2.41. The maximum atomic E-state index is 12.7. The van der Waals surface area contributed by atoms with E-state index in [4.69, 9.17) is 14.2 Å². The maximum absolute atomic E-state index is 12.7. The number of amides is 3. The fourth-order valence-electron chi connectivity index (χ4n) is 4.00. The van der Waals surface area contributed by atoms with E-state index in [1.54, 1.807) is 9.80 Å². The normalized spacial score (nSPS) is 21.6. The molecule has 4 rings (SSSR count). The van der Waals surface area contributed by atoms with E-state index in [2.05, 4.69) is 0 Å². The Hall–Kier alpha value is -2.32. The minimum atomic E-state index is -0.495. The summed E-state index contributed by atoms with van der Waals surface area (Å²) in [7, 11) is 0.